The van der Waals surface area contributed by atoms with Crippen molar-refractivity contribution in [2.24, 2.45) is 0 Å². The molecule has 0 saturated heterocycles. The van der Waals surface area contributed by atoms with Crippen molar-refractivity contribution in [3.63, 3.8) is 0 Å². The molecule has 94 valence electrons. The van der Waals surface area contributed by atoms with E-state index in [1.165, 1.54) is 0 Å². The van der Waals surface area contributed by atoms with Gasteiger partial charge in [-0.25, -0.2) is 4.98 Å². The van der Waals surface area contributed by atoms with E-state index in [1.54, 1.807) is 0 Å². The summed E-state index contributed by atoms with van der Waals surface area (Å²) in [5.74, 6) is 0.520. The van der Waals surface area contributed by atoms with Crippen LogP contribution in [0.4, 0.5) is 0 Å². The number of hydrogen-bond acceptors (Lipinski definition) is 1. The van der Waals surface area contributed by atoms with Crippen molar-refractivity contribution < 1.29 is 0 Å². The maximum absolute atomic E-state index is 6.31. The summed E-state index contributed by atoms with van der Waals surface area (Å²) in [6.07, 6.45) is 0. The van der Waals surface area contributed by atoms with Crippen LogP contribution in [0, 0.1) is 0 Å². The van der Waals surface area contributed by atoms with Gasteiger partial charge in [-0.15, -0.1) is 11.6 Å². The highest BCUT2D eigenvalue weighted by Gasteiger charge is 2.05. The van der Waals surface area contributed by atoms with Crippen LogP contribution >= 0.6 is 23.2 Å². The molecule has 3 heteroatoms. The Morgan fingerprint density at radius 1 is 0.947 bits per heavy atom. The van der Waals surface area contributed by atoms with E-state index in [2.05, 4.69) is 4.98 Å². The summed E-state index contributed by atoms with van der Waals surface area (Å²) in [5.41, 5.74) is 3.93. The van der Waals surface area contributed by atoms with Crippen LogP contribution < -0.4 is 0 Å². The van der Waals surface area contributed by atoms with Crippen molar-refractivity contribution in [1.29, 1.82) is 0 Å². The number of hydrogen-bond donors (Lipinski definition) is 0. The van der Waals surface area contributed by atoms with Gasteiger partial charge in [-0.05, 0) is 17.7 Å². The van der Waals surface area contributed by atoms with Crippen LogP contribution in [-0.4, -0.2) is 4.98 Å². The van der Waals surface area contributed by atoms with E-state index >= 15 is 0 Å². The molecule has 1 nitrogen and oxygen atoms in total. The summed E-state index contributed by atoms with van der Waals surface area (Å²) in [6, 6.07) is 17.8. The second kappa shape index (κ2) is 5.20. The summed E-state index contributed by atoms with van der Waals surface area (Å²) in [4.78, 5) is 4.64. The zero-order chi connectivity index (χ0) is 13.2. The third-order valence-electron chi connectivity index (χ3n) is 3.07. The van der Waals surface area contributed by atoms with Crippen molar-refractivity contribution in [2.45, 2.75) is 5.88 Å². The van der Waals surface area contributed by atoms with Gasteiger partial charge in [0.05, 0.1) is 16.2 Å². The van der Waals surface area contributed by atoms with Gasteiger partial charge in [0.25, 0.3) is 0 Å². The molecule has 0 aliphatic rings. The highest BCUT2D eigenvalue weighted by Crippen LogP contribution is 2.28. The highest BCUT2D eigenvalue weighted by atomic mass is 35.5. The smallest absolute Gasteiger partial charge is 0.0724 e. The number of fused-ring (bicyclic) bond motifs is 1. The van der Waals surface area contributed by atoms with Gasteiger partial charge in [0.2, 0.25) is 0 Å². The Morgan fingerprint density at radius 2 is 1.68 bits per heavy atom. The Morgan fingerprint density at radius 3 is 2.42 bits per heavy atom. The molecule has 3 rings (SSSR count). The summed E-state index contributed by atoms with van der Waals surface area (Å²) in [7, 11) is 0. The number of alkyl halides is 1. The van der Waals surface area contributed by atoms with Crippen molar-refractivity contribution in [2.75, 3.05) is 0 Å². The van der Waals surface area contributed by atoms with Crippen LogP contribution in [0.25, 0.3) is 22.2 Å². The molecule has 1 heterocycles. The second-order valence-electron chi connectivity index (χ2n) is 4.34. The molecule has 19 heavy (non-hydrogen) atoms. The number of nitrogens with zero attached hydrogens (tertiary/aromatic N) is 1. The molecule has 0 aliphatic heterocycles. The first kappa shape index (κ1) is 12.5. The number of aromatic nitrogens is 1. The van der Waals surface area contributed by atoms with E-state index in [0.29, 0.717) is 5.88 Å². The van der Waals surface area contributed by atoms with Gasteiger partial charge in [-0.3, -0.25) is 0 Å². The van der Waals surface area contributed by atoms with E-state index < -0.39 is 0 Å². The predicted octanol–water partition coefficient (Wildman–Crippen LogP) is 5.29. The normalized spacial score (nSPS) is 10.8. The third-order valence-corrected chi connectivity index (χ3v) is 3.69. The Kier molecular flexibility index (Phi) is 3.41. The summed E-state index contributed by atoms with van der Waals surface area (Å²) < 4.78 is 0. The lowest BCUT2D eigenvalue weighted by atomic mass is 10.1. The van der Waals surface area contributed by atoms with E-state index in [9.17, 15) is 0 Å². The number of pyridine rings is 1. The van der Waals surface area contributed by atoms with Gasteiger partial charge in [0.15, 0.2) is 0 Å². The van der Waals surface area contributed by atoms with Crippen molar-refractivity contribution >= 4 is 34.1 Å². The average Bonchev–Trinajstić information content (AvgIpc) is 2.47. The largest absolute Gasteiger partial charge is 0.248 e. The molecular formula is C16H11Cl2N. The fraction of sp³-hybridized carbons (Fsp3) is 0.0625. The molecule has 0 spiro atoms. The first-order valence-electron chi connectivity index (χ1n) is 5.98. The molecule has 0 atom stereocenters. The lowest BCUT2D eigenvalue weighted by Crippen LogP contribution is -1.87. The molecule has 0 amide bonds. The van der Waals surface area contributed by atoms with E-state index in [1.807, 2.05) is 54.6 Å². The molecule has 3 aromatic rings. The summed E-state index contributed by atoms with van der Waals surface area (Å²) in [6.45, 7) is 0. The lowest BCUT2D eigenvalue weighted by Gasteiger charge is -2.06. The number of rotatable bonds is 2. The van der Waals surface area contributed by atoms with E-state index in [-0.39, 0.29) is 0 Å². The van der Waals surface area contributed by atoms with Crippen LogP contribution in [0.5, 0.6) is 0 Å². The van der Waals surface area contributed by atoms with Crippen LogP contribution in [0.3, 0.4) is 0 Å². The maximum atomic E-state index is 6.31. The zero-order valence-electron chi connectivity index (χ0n) is 10.1. The Labute approximate surface area is 121 Å². The minimum atomic E-state index is 0.520. The Balaban J connectivity index is 2.14. The van der Waals surface area contributed by atoms with E-state index in [4.69, 9.17) is 23.2 Å². The molecule has 1 aromatic heterocycles. The molecule has 0 unspecified atom stereocenters. The minimum absolute atomic E-state index is 0.520. The van der Waals surface area contributed by atoms with Crippen LogP contribution in [0.2, 0.25) is 5.02 Å². The van der Waals surface area contributed by atoms with Crippen molar-refractivity contribution in [3.8, 4) is 11.3 Å². The van der Waals surface area contributed by atoms with Crippen LogP contribution in [-0.2, 0) is 5.88 Å². The maximum Gasteiger partial charge on any atom is 0.0724 e. The number of para-hydroxylation sites is 1. The molecule has 0 saturated carbocycles. The molecule has 0 bridgehead atoms. The van der Waals surface area contributed by atoms with Gasteiger partial charge < -0.3 is 0 Å². The minimum Gasteiger partial charge on any atom is -0.248 e. The third kappa shape index (κ3) is 2.44. The Hall–Kier alpha value is -1.57. The molecule has 0 fully saturated rings. The molecular weight excluding hydrogens is 277 g/mol. The van der Waals surface area contributed by atoms with Gasteiger partial charge >= 0.3 is 0 Å². The number of benzene rings is 2. The van der Waals surface area contributed by atoms with Crippen molar-refractivity contribution in [3.05, 3.63) is 65.2 Å². The molecule has 0 radical (unpaired) electrons. The summed E-state index contributed by atoms with van der Waals surface area (Å²) >= 11 is 12.1. The monoisotopic (exact) mass is 287 g/mol. The Bertz CT molecular complexity index is 720. The van der Waals surface area contributed by atoms with Gasteiger partial charge in [-0.1, -0.05) is 54.1 Å². The first-order valence-corrected chi connectivity index (χ1v) is 6.90. The average molecular weight is 288 g/mol. The highest BCUT2D eigenvalue weighted by molar-refractivity contribution is 6.35. The zero-order valence-corrected chi connectivity index (χ0v) is 11.6. The second-order valence-corrected chi connectivity index (χ2v) is 5.01. The molecule has 0 aliphatic carbocycles. The topological polar surface area (TPSA) is 12.9 Å². The van der Waals surface area contributed by atoms with Crippen molar-refractivity contribution in [1.82, 2.24) is 4.98 Å². The molecule has 0 N–H and O–H groups in total. The molecule has 2 aromatic carbocycles. The first-order chi connectivity index (χ1) is 9.28. The van der Waals surface area contributed by atoms with Gasteiger partial charge in [0, 0.05) is 16.8 Å². The standard InChI is InChI=1S/C16H11Cl2N/c17-10-11-5-7-12(8-6-11)16-9-14(18)13-3-1-2-4-15(13)19-16/h1-9H,10H2. The van der Waals surface area contributed by atoms with Gasteiger partial charge in [0.1, 0.15) is 0 Å². The fourth-order valence-corrected chi connectivity index (χ4v) is 2.49. The fourth-order valence-electron chi connectivity index (χ4n) is 2.05. The number of halogens is 2. The van der Waals surface area contributed by atoms with E-state index in [0.717, 1.165) is 32.7 Å². The SMILES string of the molecule is ClCc1ccc(-c2cc(Cl)c3ccccc3n2)cc1. The van der Waals surface area contributed by atoms with Crippen LogP contribution in [0.15, 0.2) is 54.6 Å². The summed E-state index contributed by atoms with van der Waals surface area (Å²) in [5, 5.41) is 1.70. The van der Waals surface area contributed by atoms with Crippen LogP contribution in [0.1, 0.15) is 5.56 Å². The van der Waals surface area contributed by atoms with Gasteiger partial charge in [-0.2, -0.15) is 0 Å². The quantitative estimate of drug-likeness (QED) is 0.583. The predicted molar refractivity (Wildman–Crippen MR) is 81.7 cm³/mol. The lowest BCUT2D eigenvalue weighted by molar-refractivity contribution is 1.37.